The molecule has 0 aliphatic heterocycles. The molecule has 0 bridgehead atoms. The molecule has 1 unspecified atom stereocenters. The van der Waals surface area contributed by atoms with E-state index in [0.29, 0.717) is 0 Å². The SMILES string of the molecule is NC1CCCc2sc(-c3cc(Br)cs3)nc21. The zero-order valence-corrected chi connectivity index (χ0v) is 11.8. The Balaban J connectivity index is 2.04. The molecule has 0 amide bonds. The summed E-state index contributed by atoms with van der Waals surface area (Å²) in [6.45, 7) is 0. The predicted octanol–water partition coefficient (Wildman–Crippen LogP) is 3.97. The van der Waals surface area contributed by atoms with Crippen molar-refractivity contribution >= 4 is 38.6 Å². The van der Waals surface area contributed by atoms with Gasteiger partial charge in [-0.15, -0.1) is 22.7 Å². The van der Waals surface area contributed by atoms with E-state index in [1.165, 1.54) is 16.2 Å². The zero-order valence-electron chi connectivity index (χ0n) is 8.57. The Morgan fingerprint density at radius 3 is 3.06 bits per heavy atom. The molecule has 2 heterocycles. The van der Waals surface area contributed by atoms with Gasteiger partial charge in [0, 0.05) is 20.8 Å². The zero-order chi connectivity index (χ0) is 11.1. The molecule has 0 saturated carbocycles. The van der Waals surface area contributed by atoms with Gasteiger partial charge in [0.25, 0.3) is 0 Å². The summed E-state index contributed by atoms with van der Waals surface area (Å²) >= 11 is 7.01. The van der Waals surface area contributed by atoms with Crippen molar-refractivity contribution in [2.75, 3.05) is 0 Å². The lowest BCUT2D eigenvalue weighted by molar-refractivity contribution is 0.564. The van der Waals surface area contributed by atoms with E-state index in [-0.39, 0.29) is 6.04 Å². The van der Waals surface area contributed by atoms with Crippen molar-refractivity contribution in [2.24, 2.45) is 5.73 Å². The van der Waals surface area contributed by atoms with Crippen molar-refractivity contribution in [3.05, 3.63) is 26.5 Å². The molecular formula is C11H11BrN2S2. The van der Waals surface area contributed by atoms with Gasteiger partial charge in [0.2, 0.25) is 0 Å². The molecule has 2 aromatic rings. The molecule has 5 heteroatoms. The summed E-state index contributed by atoms with van der Waals surface area (Å²) in [4.78, 5) is 7.32. The van der Waals surface area contributed by atoms with Crippen molar-refractivity contribution in [2.45, 2.75) is 25.3 Å². The predicted molar refractivity (Wildman–Crippen MR) is 73.0 cm³/mol. The van der Waals surface area contributed by atoms with Gasteiger partial charge in [-0.1, -0.05) is 0 Å². The van der Waals surface area contributed by atoms with Crippen LogP contribution in [0.5, 0.6) is 0 Å². The number of hydrogen-bond acceptors (Lipinski definition) is 4. The molecule has 16 heavy (non-hydrogen) atoms. The van der Waals surface area contributed by atoms with Crippen LogP contribution in [0.2, 0.25) is 0 Å². The van der Waals surface area contributed by atoms with E-state index in [2.05, 4.69) is 27.4 Å². The number of nitrogens with zero attached hydrogens (tertiary/aromatic N) is 1. The van der Waals surface area contributed by atoms with E-state index in [1.54, 1.807) is 22.7 Å². The van der Waals surface area contributed by atoms with E-state index in [1.807, 2.05) is 0 Å². The van der Waals surface area contributed by atoms with Crippen LogP contribution in [-0.4, -0.2) is 4.98 Å². The van der Waals surface area contributed by atoms with Crippen LogP contribution in [0, 0.1) is 0 Å². The normalized spacial score (nSPS) is 19.8. The Bertz CT molecular complexity index is 518. The van der Waals surface area contributed by atoms with E-state index >= 15 is 0 Å². The summed E-state index contributed by atoms with van der Waals surface area (Å²) in [5.74, 6) is 0. The second-order valence-electron chi connectivity index (χ2n) is 3.96. The van der Waals surface area contributed by atoms with Crippen LogP contribution in [0.15, 0.2) is 15.9 Å². The maximum absolute atomic E-state index is 6.08. The number of fused-ring (bicyclic) bond motifs is 1. The third-order valence-electron chi connectivity index (χ3n) is 2.78. The van der Waals surface area contributed by atoms with Crippen molar-refractivity contribution in [1.82, 2.24) is 4.98 Å². The number of thiophene rings is 1. The van der Waals surface area contributed by atoms with Crippen LogP contribution in [-0.2, 0) is 6.42 Å². The molecule has 84 valence electrons. The van der Waals surface area contributed by atoms with Gasteiger partial charge in [0.1, 0.15) is 5.01 Å². The lowest BCUT2D eigenvalue weighted by Gasteiger charge is -2.15. The number of aryl methyl sites for hydroxylation is 1. The van der Waals surface area contributed by atoms with Gasteiger partial charge in [-0.25, -0.2) is 4.98 Å². The molecule has 3 rings (SSSR count). The standard InChI is InChI=1S/C11H11BrN2S2/c12-6-4-9(15-5-6)11-14-10-7(13)2-1-3-8(10)16-11/h4-5,7H,1-3,13H2. The molecule has 1 aliphatic rings. The first-order valence-electron chi connectivity index (χ1n) is 5.23. The van der Waals surface area contributed by atoms with E-state index in [4.69, 9.17) is 10.7 Å². The highest BCUT2D eigenvalue weighted by Gasteiger charge is 2.22. The van der Waals surface area contributed by atoms with Crippen LogP contribution >= 0.6 is 38.6 Å². The molecule has 0 radical (unpaired) electrons. The van der Waals surface area contributed by atoms with Gasteiger partial charge in [0.15, 0.2) is 0 Å². The number of halogens is 1. The summed E-state index contributed by atoms with van der Waals surface area (Å²) in [6.07, 6.45) is 3.42. The molecule has 0 aromatic carbocycles. The Kier molecular flexibility index (Phi) is 2.87. The monoisotopic (exact) mass is 314 g/mol. The molecule has 2 aromatic heterocycles. The smallest absolute Gasteiger partial charge is 0.134 e. The molecule has 1 atom stereocenters. The minimum Gasteiger partial charge on any atom is -0.323 e. The number of nitrogens with two attached hydrogens (primary N) is 1. The summed E-state index contributed by atoms with van der Waals surface area (Å²) in [5.41, 5.74) is 7.22. The number of thiazole rings is 1. The fourth-order valence-corrected chi connectivity index (χ4v) is 4.65. The van der Waals surface area contributed by atoms with E-state index < -0.39 is 0 Å². The van der Waals surface area contributed by atoms with Gasteiger partial charge >= 0.3 is 0 Å². The second-order valence-corrected chi connectivity index (χ2v) is 6.87. The average Bonchev–Trinajstić information content (AvgIpc) is 2.84. The molecule has 0 saturated heterocycles. The molecule has 0 spiro atoms. The first-order chi connectivity index (χ1) is 7.74. The van der Waals surface area contributed by atoms with Crippen molar-refractivity contribution in [3.63, 3.8) is 0 Å². The van der Waals surface area contributed by atoms with Gasteiger partial charge in [-0.2, -0.15) is 0 Å². The largest absolute Gasteiger partial charge is 0.323 e. The molecule has 2 nitrogen and oxygen atoms in total. The fourth-order valence-electron chi connectivity index (χ4n) is 1.98. The number of rotatable bonds is 1. The third kappa shape index (κ3) is 1.86. The van der Waals surface area contributed by atoms with Crippen molar-refractivity contribution < 1.29 is 0 Å². The number of hydrogen-bond donors (Lipinski definition) is 1. The first-order valence-corrected chi connectivity index (χ1v) is 7.72. The highest BCUT2D eigenvalue weighted by atomic mass is 79.9. The Labute approximate surface area is 111 Å². The summed E-state index contributed by atoms with van der Waals surface area (Å²) in [7, 11) is 0. The highest BCUT2D eigenvalue weighted by molar-refractivity contribution is 9.10. The van der Waals surface area contributed by atoms with Crippen LogP contribution < -0.4 is 5.73 Å². The highest BCUT2D eigenvalue weighted by Crippen LogP contribution is 2.38. The maximum atomic E-state index is 6.08. The Hall–Kier alpha value is -0.230. The third-order valence-corrected chi connectivity index (χ3v) is 5.77. The maximum Gasteiger partial charge on any atom is 0.134 e. The van der Waals surface area contributed by atoms with Crippen LogP contribution in [0.25, 0.3) is 9.88 Å². The molecule has 0 fully saturated rings. The van der Waals surface area contributed by atoms with Crippen LogP contribution in [0.4, 0.5) is 0 Å². The minimum atomic E-state index is 0.150. The van der Waals surface area contributed by atoms with Gasteiger partial charge in [0.05, 0.1) is 10.6 Å². The van der Waals surface area contributed by atoms with Crippen LogP contribution in [0.1, 0.15) is 29.5 Å². The lowest BCUT2D eigenvalue weighted by atomic mass is 9.99. The van der Waals surface area contributed by atoms with Gasteiger partial charge < -0.3 is 5.73 Å². The second kappa shape index (κ2) is 4.22. The average molecular weight is 315 g/mol. The number of aromatic nitrogens is 1. The fraction of sp³-hybridized carbons (Fsp3) is 0.364. The lowest BCUT2D eigenvalue weighted by Crippen LogP contribution is -2.16. The summed E-state index contributed by atoms with van der Waals surface area (Å²) in [5, 5.41) is 3.22. The van der Waals surface area contributed by atoms with E-state index in [0.717, 1.165) is 28.0 Å². The molecular weight excluding hydrogens is 304 g/mol. The summed E-state index contributed by atoms with van der Waals surface area (Å²) in [6, 6.07) is 2.28. The minimum absolute atomic E-state index is 0.150. The van der Waals surface area contributed by atoms with Crippen molar-refractivity contribution in [3.8, 4) is 9.88 Å². The van der Waals surface area contributed by atoms with Gasteiger partial charge in [-0.3, -0.25) is 0 Å². The first kappa shape index (κ1) is 10.9. The molecule has 2 N–H and O–H groups in total. The van der Waals surface area contributed by atoms with Gasteiger partial charge in [-0.05, 0) is 41.3 Å². The Morgan fingerprint density at radius 1 is 1.50 bits per heavy atom. The molecule has 1 aliphatic carbocycles. The summed E-state index contributed by atoms with van der Waals surface area (Å²) < 4.78 is 1.13. The van der Waals surface area contributed by atoms with Crippen molar-refractivity contribution in [1.29, 1.82) is 0 Å². The Morgan fingerprint density at radius 2 is 2.38 bits per heavy atom. The topological polar surface area (TPSA) is 38.9 Å². The van der Waals surface area contributed by atoms with Crippen LogP contribution in [0.3, 0.4) is 0 Å². The van der Waals surface area contributed by atoms with E-state index in [9.17, 15) is 0 Å². The quantitative estimate of drug-likeness (QED) is 0.865.